The van der Waals surface area contributed by atoms with Gasteiger partial charge in [-0.2, -0.15) is 0 Å². The minimum Gasteiger partial charge on any atom is -0.414 e. The van der Waals surface area contributed by atoms with Gasteiger partial charge in [0.25, 0.3) is 0 Å². The van der Waals surface area contributed by atoms with Crippen LogP contribution >= 0.6 is 0 Å². The van der Waals surface area contributed by atoms with Crippen LogP contribution in [0.25, 0.3) is 0 Å². The fourth-order valence-electron chi connectivity index (χ4n) is 4.53. The summed E-state index contributed by atoms with van der Waals surface area (Å²) in [5, 5.41) is 10.3. The van der Waals surface area contributed by atoms with Crippen LogP contribution < -0.4 is 0 Å². The van der Waals surface area contributed by atoms with Crippen molar-refractivity contribution in [2.75, 3.05) is 6.61 Å². The molecule has 0 radical (unpaired) electrons. The maximum absolute atomic E-state index is 14.9. The normalized spacial score (nSPS) is 34.5. The van der Waals surface area contributed by atoms with Crippen molar-refractivity contribution in [1.82, 2.24) is 0 Å². The van der Waals surface area contributed by atoms with Crippen molar-refractivity contribution in [3.8, 4) is 0 Å². The average Bonchev–Trinajstić information content (AvgIpc) is 2.70. The van der Waals surface area contributed by atoms with Gasteiger partial charge in [0.1, 0.15) is 6.10 Å². The first-order valence-electron chi connectivity index (χ1n) is 9.93. The predicted molar refractivity (Wildman–Crippen MR) is 107 cm³/mol. The van der Waals surface area contributed by atoms with E-state index >= 15 is 0 Å². The summed E-state index contributed by atoms with van der Waals surface area (Å²) in [6, 6.07) is 0. The fraction of sp³-hybridized carbons (Fsp3) is 0.895. The van der Waals surface area contributed by atoms with E-state index in [0.717, 1.165) is 0 Å². The fourth-order valence-corrected chi connectivity index (χ4v) is 15.8. The molecule has 0 bridgehead atoms. The molecule has 1 N–H and O–H groups in total. The molecule has 1 unspecified atom stereocenters. The van der Waals surface area contributed by atoms with Crippen molar-refractivity contribution in [2.24, 2.45) is 5.92 Å². The molecule has 2 aliphatic rings. The predicted octanol–water partition coefficient (Wildman–Crippen LogP) is 4.83. The maximum Gasteiger partial charge on any atom is 0.335 e. The lowest BCUT2D eigenvalue weighted by molar-refractivity contribution is -0.00437. The molecule has 1 aliphatic heterocycles. The Morgan fingerprint density at radius 3 is 1.85 bits per heavy atom. The molecule has 1 saturated carbocycles. The molecule has 0 spiro atoms. The second-order valence-corrected chi connectivity index (χ2v) is 18.0. The smallest absolute Gasteiger partial charge is 0.335 e. The number of aliphatic hydroxyl groups is 1. The molecular weight excluding hydrogens is 367 g/mol. The van der Waals surface area contributed by atoms with Crippen molar-refractivity contribution >= 4 is 17.1 Å². The number of aliphatic hydroxyl groups excluding tert-OH is 1. The summed E-state index contributed by atoms with van der Waals surface area (Å²) in [5.74, 6) is -0.322. The number of fused-ring (bicyclic) bond motifs is 1. The molecule has 1 saturated heterocycles. The Balaban J connectivity index is 2.59. The molecule has 1 aliphatic carbocycles. The standard InChI is InChI=1S/C19H37FO4Si2/c1-11(2)25(12(3)4)22-10-16-15(9)18(21)17(20)19(16)23-26(24-25,13(5)6)14(7)8/h11-14,16-19,21H,9-10H2,1-8H3/t16-,17-,18+,19?/m0/s1. The number of hydrogen-bond donors (Lipinski definition) is 1. The Hall–Kier alpha value is -0.0562. The Morgan fingerprint density at radius 2 is 1.42 bits per heavy atom. The third-order valence-electron chi connectivity index (χ3n) is 6.21. The van der Waals surface area contributed by atoms with Crippen LogP contribution in [0.1, 0.15) is 55.4 Å². The van der Waals surface area contributed by atoms with Crippen LogP contribution in [0.2, 0.25) is 22.2 Å². The van der Waals surface area contributed by atoms with Crippen LogP contribution in [0.15, 0.2) is 12.2 Å². The highest BCUT2D eigenvalue weighted by molar-refractivity contribution is 6.83. The molecule has 0 aromatic carbocycles. The van der Waals surface area contributed by atoms with Crippen LogP contribution in [0.4, 0.5) is 4.39 Å². The van der Waals surface area contributed by atoms with Crippen LogP contribution in [0.5, 0.6) is 0 Å². The molecule has 26 heavy (non-hydrogen) atoms. The molecule has 0 aromatic rings. The van der Waals surface area contributed by atoms with E-state index in [2.05, 4.69) is 62.0 Å². The van der Waals surface area contributed by atoms with E-state index in [1.165, 1.54) is 0 Å². The minimum atomic E-state index is -2.82. The number of rotatable bonds is 4. The Labute approximate surface area is 160 Å². The first-order valence-corrected chi connectivity index (χ1v) is 13.9. The summed E-state index contributed by atoms with van der Waals surface area (Å²) in [5.41, 5.74) is 1.27. The van der Waals surface area contributed by atoms with Crippen molar-refractivity contribution in [1.29, 1.82) is 0 Å². The highest BCUT2D eigenvalue weighted by atomic mass is 28.5. The Bertz CT molecular complexity index is 508. The van der Waals surface area contributed by atoms with E-state index in [9.17, 15) is 9.50 Å². The third-order valence-corrected chi connectivity index (χ3v) is 16.5. The summed E-state index contributed by atoms with van der Waals surface area (Å²) < 4.78 is 35.1. The highest BCUT2D eigenvalue weighted by Crippen LogP contribution is 2.49. The van der Waals surface area contributed by atoms with Crippen LogP contribution in [0.3, 0.4) is 0 Å². The molecule has 4 atom stereocenters. The van der Waals surface area contributed by atoms with Gasteiger partial charge < -0.3 is 18.1 Å². The average molecular weight is 405 g/mol. The third kappa shape index (κ3) is 3.39. The van der Waals surface area contributed by atoms with Gasteiger partial charge in [0.15, 0.2) is 6.17 Å². The number of hydrogen-bond acceptors (Lipinski definition) is 4. The van der Waals surface area contributed by atoms with Crippen molar-refractivity contribution in [2.45, 2.75) is 95.9 Å². The molecule has 4 nitrogen and oxygen atoms in total. The number of alkyl halides is 1. The Morgan fingerprint density at radius 1 is 0.962 bits per heavy atom. The zero-order valence-electron chi connectivity index (χ0n) is 17.6. The molecule has 0 aromatic heterocycles. The van der Waals surface area contributed by atoms with Gasteiger partial charge in [-0.15, -0.1) is 0 Å². The summed E-state index contributed by atoms with van der Waals surface area (Å²) in [7, 11) is -5.45. The van der Waals surface area contributed by atoms with Gasteiger partial charge >= 0.3 is 17.1 Å². The molecular formula is C19H37FO4Si2. The van der Waals surface area contributed by atoms with Crippen molar-refractivity contribution in [3.05, 3.63) is 12.2 Å². The zero-order valence-corrected chi connectivity index (χ0v) is 19.6. The van der Waals surface area contributed by atoms with Gasteiger partial charge in [-0.25, -0.2) is 4.39 Å². The van der Waals surface area contributed by atoms with Crippen molar-refractivity contribution in [3.63, 3.8) is 0 Å². The Kier molecular flexibility index (Phi) is 6.63. The minimum absolute atomic E-state index is 0.146. The molecule has 2 fully saturated rings. The summed E-state index contributed by atoms with van der Waals surface area (Å²) in [6.45, 7) is 21.3. The van der Waals surface area contributed by atoms with Gasteiger partial charge in [-0.1, -0.05) is 62.0 Å². The van der Waals surface area contributed by atoms with Gasteiger partial charge in [-0.3, -0.25) is 0 Å². The lowest BCUT2D eigenvalue weighted by Gasteiger charge is -2.51. The first-order chi connectivity index (χ1) is 11.9. The van der Waals surface area contributed by atoms with E-state index in [1.54, 1.807) is 0 Å². The van der Waals surface area contributed by atoms with Crippen molar-refractivity contribution < 1.29 is 22.5 Å². The molecule has 2 rings (SSSR count). The molecule has 1 heterocycles. The first kappa shape index (κ1) is 22.2. The van der Waals surface area contributed by atoms with Gasteiger partial charge in [-0.05, 0) is 27.7 Å². The van der Waals surface area contributed by atoms with E-state index in [1.807, 2.05) is 0 Å². The van der Waals surface area contributed by atoms with Crippen LogP contribution in [-0.2, 0) is 13.0 Å². The summed E-state index contributed by atoms with van der Waals surface area (Å²) in [4.78, 5) is 0. The topological polar surface area (TPSA) is 47.9 Å². The van der Waals surface area contributed by atoms with Gasteiger partial charge in [0, 0.05) is 12.5 Å². The van der Waals surface area contributed by atoms with E-state index in [0.29, 0.717) is 12.2 Å². The maximum atomic E-state index is 14.9. The lowest BCUT2D eigenvalue weighted by atomic mass is 10.0. The lowest BCUT2D eigenvalue weighted by Crippen LogP contribution is -2.65. The molecule has 0 amide bonds. The van der Waals surface area contributed by atoms with Gasteiger partial charge in [0.2, 0.25) is 0 Å². The highest BCUT2D eigenvalue weighted by Gasteiger charge is 2.61. The second-order valence-electron chi connectivity index (χ2n) is 9.13. The summed E-state index contributed by atoms with van der Waals surface area (Å²) >= 11 is 0. The van der Waals surface area contributed by atoms with Crippen LogP contribution in [-0.4, -0.2) is 47.2 Å². The van der Waals surface area contributed by atoms with E-state index in [4.69, 9.17) is 13.0 Å². The SMILES string of the molecule is C=C1[C@@H](O)[C@H](F)C2O[Si](C(C)C)(C(C)C)O[Si](C(C)C)(C(C)C)OC[C@@H]12. The second kappa shape index (κ2) is 7.75. The monoisotopic (exact) mass is 404 g/mol. The molecule has 152 valence electrons. The molecule has 7 heteroatoms. The quantitative estimate of drug-likeness (QED) is 0.539. The van der Waals surface area contributed by atoms with Gasteiger partial charge in [0.05, 0.1) is 6.10 Å². The summed E-state index contributed by atoms with van der Waals surface area (Å²) in [6.07, 6.45) is -3.40. The van der Waals surface area contributed by atoms with E-state index in [-0.39, 0.29) is 28.1 Å². The largest absolute Gasteiger partial charge is 0.414 e. The van der Waals surface area contributed by atoms with E-state index < -0.39 is 35.5 Å². The zero-order chi connectivity index (χ0) is 20.0. The van der Waals surface area contributed by atoms with Crippen LogP contribution in [0, 0.1) is 5.92 Å². The number of halogens is 1.